The molecule has 2 aromatic rings. The Kier molecular flexibility index (Phi) is 5.43. The van der Waals surface area contributed by atoms with Crippen LogP contribution in [0.4, 0.5) is 11.6 Å². The lowest BCUT2D eigenvalue weighted by Crippen LogP contribution is -2.09. The molecule has 0 aliphatic heterocycles. The molecule has 6 heteroatoms. The summed E-state index contributed by atoms with van der Waals surface area (Å²) < 4.78 is 0. The first-order valence-corrected chi connectivity index (χ1v) is 7.35. The van der Waals surface area contributed by atoms with Crippen LogP contribution >= 0.6 is 0 Å². The molecule has 0 aliphatic rings. The van der Waals surface area contributed by atoms with Crippen molar-refractivity contribution < 1.29 is 0 Å². The van der Waals surface area contributed by atoms with Gasteiger partial charge in [-0.15, -0.1) is 0 Å². The summed E-state index contributed by atoms with van der Waals surface area (Å²) in [6.07, 6.45) is 3.67. The highest BCUT2D eigenvalue weighted by Gasteiger charge is 2.04. The van der Waals surface area contributed by atoms with Gasteiger partial charge in [-0.1, -0.05) is 6.92 Å². The molecule has 0 fully saturated rings. The lowest BCUT2D eigenvalue weighted by atomic mass is 10.3. The topological polar surface area (TPSA) is 75.6 Å². The van der Waals surface area contributed by atoms with E-state index in [9.17, 15) is 0 Å². The Hall–Kier alpha value is -2.24. The summed E-state index contributed by atoms with van der Waals surface area (Å²) >= 11 is 0. The molecular formula is C15H22N6. The van der Waals surface area contributed by atoms with E-state index < -0.39 is 0 Å². The molecule has 0 spiro atoms. The van der Waals surface area contributed by atoms with Gasteiger partial charge in [0.2, 0.25) is 0 Å². The van der Waals surface area contributed by atoms with E-state index in [0.29, 0.717) is 6.54 Å². The number of aromatic nitrogens is 4. The molecule has 0 aliphatic carbocycles. The Balaban J connectivity index is 2.10. The van der Waals surface area contributed by atoms with Crippen LogP contribution in [-0.4, -0.2) is 26.5 Å². The average Bonchev–Trinajstić information content (AvgIpc) is 2.46. The molecule has 0 radical (unpaired) electrons. The van der Waals surface area contributed by atoms with Crippen molar-refractivity contribution in [2.45, 2.75) is 40.2 Å². The molecule has 0 amide bonds. The summed E-state index contributed by atoms with van der Waals surface area (Å²) in [6.45, 7) is 7.53. The van der Waals surface area contributed by atoms with Crippen molar-refractivity contribution in [3.63, 3.8) is 0 Å². The SMILES string of the molecule is CCCc1nc(NCC)cc(NCc2ccnc(C)n2)n1. The monoisotopic (exact) mass is 286 g/mol. The van der Waals surface area contributed by atoms with Gasteiger partial charge in [0.05, 0.1) is 12.2 Å². The van der Waals surface area contributed by atoms with Crippen molar-refractivity contribution in [3.05, 3.63) is 35.7 Å². The maximum atomic E-state index is 4.54. The highest BCUT2D eigenvalue weighted by Crippen LogP contribution is 2.13. The molecular weight excluding hydrogens is 264 g/mol. The molecule has 2 heterocycles. The third-order valence-electron chi connectivity index (χ3n) is 2.89. The van der Waals surface area contributed by atoms with Gasteiger partial charge in [0.1, 0.15) is 23.3 Å². The molecule has 21 heavy (non-hydrogen) atoms. The molecule has 112 valence electrons. The molecule has 0 saturated carbocycles. The third kappa shape index (κ3) is 4.66. The fourth-order valence-corrected chi connectivity index (χ4v) is 1.98. The normalized spacial score (nSPS) is 10.4. The first-order valence-electron chi connectivity index (χ1n) is 7.35. The quantitative estimate of drug-likeness (QED) is 0.814. The second kappa shape index (κ2) is 7.52. The molecule has 2 N–H and O–H groups in total. The Morgan fingerprint density at radius 1 is 1.05 bits per heavy atom. The second-order valence-corrected chi connectivity index (χ2v) is 4.78. The maximum Gasteiger partial charge on any atom is 0.133 e. The van der Waals surface area contributed by atoms with Crippen molar-refractivity contribution in [2.75, 3.05) is 17.2 Å². The standard InChI is InChI=1S/C15H22N6/c1-4-6-13-20-14(16-5-2)9-15(21-13)18-10-12-7-8-17-11(3)19-12/h7-9H,4-6,10H2,1-3H3,(H2,16,18,20,21). The smallest absolute Gasteiger partial charge is 0.133 e. The van der Waals surface area contributed by atoms with Crippen LogP contribution in [0.15, 0.2) is 18.3 Å². The largest absolute Gasteiger partial charge is 0.370 e. The van der Waals surface area contributed by atoms with E-state index in [4.69, 9.17) is 0 Å². The molecule has 2 aromatic heterocycles. The minimum atomic E-state index is 0.623. The van der Waals surface area contributed by atoms with E-state index in [0.717, 1.165) is 48.4 Å². The second-order valence-electron chi connectivity index (χ2n) is 4.78. The number of aryl methyl sites for hydroxylation is 2. The third-order valence-corrected chi connectivity index (χ3v) is 2.89. The molecule has 0 unspecified atom stereocenters. The fourth-order valence-electron chi connectivity index (χ4n) is 1.98. The van der Waals surface area contributed by atoms with Crippen LogP contribution in [0.5, 0.6) is 0 Å². The maximum absolute atomic E-state index is 4.54. The summed E-state index contributed by atoms with van der Waals surface area (Å²) in [5, 5.41) is 6.54. The van der Waals surface area contributed by atoms with Crippen molar-refractivity contribution in [1.82, 2.24) is 19.9 Å². The lowest BCUT2D eigenvalue weighted by molar-refractivity contribution is 0.832. The average molecular weight is 286 g/mol. The predicted octanol–water partition coefficient (Wildman–Crippen LogP) is 2.57. The van der Waals surface area contributed by atoms with Crippen LogP contribution in [0.2, 0.25) is 0 Å². The van der Waals surface area contributed by atoms with Gasteiger partial charge in [-0.05, 0) is 26.3 Å². The Morgan fingerprint density at radius 3 is 2.48 bits per heavy atom. The molecule has 0 bridgehead atoms. The van der Waals surface area contributed by atoms with Gasteiger partial charge in [0.25, 0.3) is 0 Å². The number of rotatable bonds is 7. The number of hydrogen-bond donors (Lipinski definition) is 2. The molecule has 0 saturated heterocycles. The predicted molar refractivity (Wildman–Crippen MR) is 84.3 cm³/mol. The molecule has 6 nitrogen and oxygen atoms in total. The number of anilines is 2. The Morgan fingerprint density at radius 2 is 1.81 bits per heavy atom. The Bertz CT molecular complexity index is 560. The van der Waals surface area contributed by atoms with Gasteiger partial charge < -0.3 is 10.6 Å². The van der Waals surface area contributed by atoms with Crippen LogP contribution in [-0.2, 0) is 13.0 Å². The van der Waals surface area contributed by atoms with Gasteiger partial charge in [0, 0.05) is 25.2 Å². The highest BCUT2D eigenvalue weighted by atomic mass is 15.1. The zero-order chi connectivity index (χ0) is 15.1. The zero-order valence-corrected chi connectivity index (χ0v) is 12.8. The van der Waals surface area contributed by atoms with Crippen molar-refractivity contribution >= 4 is 11.6 Å². The van der Waals surface area contributed by atoms with Gasteiger partial charge in [-0.3, -0.25) is 0 Å². The van der Waals surface area contributed by atoms with Gasteiger partial charge in [0.15, 0.2) is 0 Å². The van der Waals surface area contributed by atoms with E-state index >= 15 is 0 Å². The summed E-state index contributed by atoms with van der Waals surface area (Å²) in [4.78, 5) is 17.5. The van der Waals surface area contributed by atoms with Crippen LogP contribution in [0.3, 0.4) is 0 Å². The minimum Gasteiger partial charge on any atom is -0.370 e. The van der Waals surface area contributed by atoms with Crippen molar-refractivity contribution in [2.24, 2.45) is 0 Å². The van der Waals surface area contributed by atoms with Crippen LogP contribution in [0, 0.1) is 6.92 Å². The number of hydrogen-bond acceptors (Lipinski definition) is 6. The number of nitrogens with zero attached hydrogens (tertiary/aromatic N) is 4. The van der Waals surface area contributed by atoms with Gasteiger partial charge in [-0.2, -0.15) is 0 Å². The Labute approximate surface area is 125 Å². The zero-order valence-electron chi connectivity index (χ0n) is 12.8. The first kappa shape index (κ1) is 15.2. The summed E-state index contributed by atoms with van der Waals surface area (Å²) in [6, 6.07) is 3.83. The molecule has 0 atom stereocenters. The van der Waals surface area contributed by atoms with Crippen LogP contribution in [0.1, 0.15) is 37.6 Å². The van der Waals surface area contributed by atoms with Gasteiger partial charge in [-0.25, -0.2) is 19.9 Å². The highest BCUT2D eigenvalue weighted by molar-refractivity contribution is 5.47. The molecule has 2 rings (SSSR count). The van der Waals surface area contributed by atoms with Crippen molar-refractivity contribution in [1.29, 1.82) is 0 Å². The fraction of sp³-hybridized carbons (Fsp3) is 0.467. The summed E-state index contributed by atoms with van der Waals surface area (Å²) in [7, 11) is 0. The summed E-state index contributed by atoms with van der Waals surface area (Å²) in [5.41, 5.74) is 0.947. The van der Waals surface area contributed by atoms with E-state index in [1.807, 2.05) is 19.1 Å². The van der Waals surface area contributed by atoms with Crippen molar-refractivity contribution in [3.8, 4) is 0 Å². The van der Waals surface area contributed by atoms with Crippen LogP contribution < -0.4 is 10.6 Å². The van der Waals surface area contributed by atoms with E-state index in [-0.39, 0.29) is 0 Å². The van der Waals surface area contributed by atoms with Crippen LogP contribution in [0.25, 0.3) is 0 Å². The lowest BCUT2D eigenvalue weighted by Gasteiger charge is -2.10. The summed E-state index contributed by atoms with van der Waals surface area (Å²) in [5.74, 6) is 3.31. The van der Waals surface area contributed by atoms with E-state index in [1.54, 1.807) is 6.20 Å². The minimum absolute atomic E-state index is 0.623. The first-order chi connectivity index (χ1) is 10.2. The van der Waals surface area contributed by atoms with Gasteiger partial charge >= 0.3 is 0 Å². The van der Waals surface area contributed by atoms with E-state index in [1.165, 1.54) is 0 Å². The number of nitrogens with one attached hydrogen (secondary N) is 2. The molecule has 0 aromatic carbocycles. The van der Waals surface area contributed by atoms with E-state index in [2.05, 4.69) is 44.4 Å².